The maximum Gasteiger partial charge on any atom is 0.311 e. The summed E-state index contributed by atoms with van der Waals surface area (Å²) in [6.07, 6.45) is 0.581. The van der Waals surface area contributed by atoms with Crippen molar-refractivity contribution in [3.8, 4) is 17.2 Å². The number of methoxy groups -OCH3 is 2. The molecule has 2 rings (SSSR count). The third-order valence-corrected chi connectivity index (χ3v) is 4.17. The summed E-state index contributed by atoms with van der Waals surface area (Å²) in [6.45, 7) is 0. The Bertz CT molecular complexity index is 775. The number of nitrogens with zero attached hydrogens (tertiary/aromatic N) is 1. The average molecular weight is 410 g/mol. The first-order valence-electron chi connectivity index (χ1n) is 7.30. The van der Waals surface area contributed by atoms with Crippen molar-refractivity contribution in [1.29, 1.82) is 0 Å². The lowest BCUT2D eigenvalue weighted by Gasteiger charge is -2.11. The number of benzene rings is 2. The molecule has 2 aromatic rings. The van der Waals surface area contributed by atoms with E-state index in [1.54, 1.807) is 26.4 Å². The Morgan fingerprint density at radius 2 is 1.72 bits per heavy atom. The molecule has 7 nitrogen and oxygen atoms in total. The van der Waals surface area contributed by atoms with Gasteiger partial charge in [0, 0.05) is 16.6 Å². The van der Waals surface area contributed by atoms with Crippen LogP contribution in [-0.4, -0.2) is 25.1 Å². The van der Waals surface area contributed by atoms with Gasteiger partial charge in [-0.3, -0.25) is 14.9 Å². The van der Waals surface area contributed by atoms with Crippen LogP contribution in [0.5, 0.6) is 17.2 Å². The SMILES string of the molecule is COc1cc(Br)c(CCC(=O)Oc2ccc([N+](=O)[O-])cc2)cc1OC. The molecule has 8 heteroatoms. The van der Waals surface area contributed by atoms with Gasteiger partial charge in [-0.1, -0.05) is 15.9 Å². The van der Waals surface area contributed by atoms with E-state index in [2.05, 4.69) is 15.9 Å². The number of ether oxygens (including phenoxy) is 3. The molecule has 0 aliphatic rings. The zero-order valence-electron chi connectivity index (χ0n) is 13.7. The second-order valence-corrected chi connectivity index (χ2v) is 5.88. The third-order valence-electron chi connectivity index (χ3n) is 3.43. The fourth-order valence-electron chi connectivity index (χ4n) is 2.14. The van der Waals surface area contributed by atoms with Gasteiger partial charge in [0.25, 0.3) is 5.69 Å². The molecule has 0 fully saturated rings. The van der Waals surface area contributed by atoms with E-state index in [0.29, 0.717) is 17.9 Å². The number of non-ortho nitro benzene ring substituents is 1. The van der Waals surface area contributed by atoms with Crippen LogP contribution in [-0.2, 0) is 11.2 Å². The summed E-state index contributed by atoms with van der Waals surface area (Å²) in [5.41, 5.74) is 0.812. The predicted molar refractivity (Wildman–Crippen MR) is 94.3 cm³/mol. The molecule has 0 saturated heterocycles. The second-order valence-electron chi connectivity index (χ2n) is 5.02. The number of carbonyl (C=O) groups excluding carboxylic acids is 1. The lowest BCUT2D eigenvalue weighted by molar-refractivity contribution is -0.384. The average Bonchev–Trinajstić information content (AvgIpc) is 2.60. The van der Waals surface area contributed by atoms with Gasteiger partial charge in [0.2, 0.25) is 0 Å². The minimum absolute atomic E-state index is 0.0611. The van der Waals surface area contributed by atoms with Crippen molar-refractivity contribution < 1.29 is 23.9 Å². The number of rotatable bonds is 7. The van der Waals surface area contributed by atoms with Crippen molar-refractivity contribution in [2.45, 2.75) is 12.8 Å². The van der Waals surface area contributed by atoms with E-state index in [4.69, 9.17) is 14.2 Å². The van der Waals surface area contributed by atoms with Gasteiger partial charge in [0.1, 0.15) is 5.75 Å². The van der Waals surface area contributed by atoms with Crippen LogP contribution >= 0.6 is 15.9 Å². The highest BCUT2D eigenvalue weighted by atomic mass is 79.9. The molecule has 0 atom stereocenters. The smallest absolute Gasteiger partial charge is 0.311 e. The number of nitro benzene ring substituents is 1. The van der Waals surface area contributed by atoms with E-state index in [1.807, 2.05) is 0 Å². The lowest BCUT2D eigenvalue weighted by Crippen LogP contribution is -2.09. The van der Waals surface area contributed by atoms with Gasteiger partial charge < -0.3 is 14.2 Å². The van der Waals surface area contributed by atoms with E-state index < -0.39 is 10.9 Å². The zero-order chi connectivity index (χ0) is 18.4. The molecule has 25 heavy (non-hydrogen) atoms. The van der Waals surface area contributed by atoms with Gasteiger partial charge in [-0.25, -0.2) is 0 Å². The Labute approximate surface area is 152 Å². The molecular weight excluding hydrogens is 394 g/mol. The van der Waals surface area contributed by atoms with Crippen molar-refractivity contribution in [2.75, 3.05) is 14.2 Å². The molecule has 0 aliphatic carbocycles. The van der Waals surface area contributed by atoms with E-state index in [9.17, 15) is 14.9 Å². The van der Waals surface area contributed by atoms with E-state index in [1.165, 1.54) is 24.3 Å². The van der Waals surface area contributed by atoms with Crippen LogP contribution in [0.3, 0.4) is 0 Å². The number of carbonyl (C=O) groups is 1. The van der Waals surface area contributed by atoms with E-state index in [-0.39, 0.29) is 17.9 Å². The van der Waals surface area contributed by atoms with Gasteiger partial charge in [0.15, 0.2) is 11.5 Å². The summed E-state index contributed by atoms with van der Waals surface area (Å²) in [4.78, 5) is 22.1. The van der Waals surface area contributed by atoms with Crippen LogP contribution in [0, 0.1) is 10.1 Å². The van der Waals surface area contributed by atoms with Crippen LogP contribution in [0.4, 0.5) is 5.69 Å². The summed E-state index contributed by atoms with van der Waals surface area (Å²) in [7, 11) is 3.09. The van der Waals surface area contributed by atoms with Gasteiger partial charge >= 0.3 is 5.97 Å². The highest BCUT2D eigenvalue weighted by Gasteiger charge is 2.13. The molecule has 0 amide bonds. The van der Waals surface area contributed by atoms with Crippen molar-refractivity contribution in [3.05, 3.63) is 56.5 Å². The molecule has 0 heterocycles. The number of nitro groups is 1. The number of esters is 1. The van der Waals surface area contributed by atoms with Crippen LogP contribution in [0.15, 0.2) is 40.9 Å². The quantitative estimate of drug-likeness (QED) is 0.298. The summed E-state index contributed by atoms with van der Waals surface area (Å²) in [5.74, 6) is 0.994. The Morgan fingerprint density at radius 1 is 1.12 bits per heavy atom. The fourth-order valence-corrected chi connectivity index (χ4v) is 2.66. The Kier molecular flexibility index (Phi) is 6.35. The number of hydrogen-bond acceptors (Lipinski definition) is 6. The molecule has 0 bridgehead atoms. The minimum Gasteiger partial charge on any atom is -0.493 e. The van der Waals surface area contributed by atoms with E-state index in [0.717, 1.165) is 10.0 Å². The highest BCUT2D eigenvalue weighted by molar-refractivity contribution is 9.10. The molecule has 2 aromatic carbocycles. The van der Waals surface area contributed by atoms with Crippen LogP contribution in [0.1, 0.15) is 12.0 Å². The first-order chi connectivity index (χ1) is 11.9. The van der Waals surface area contributed by atoms with Gasteiger partial charge in [0.05, 0.1) is 25.6 Å². The lowest BCUT2D eigenvalue weighted by atomic mass is 10.1. The summed E-state index contributed by atoms with van der Waals surface area (Å²) < 4.78 is 16.4. The summed E-state index contributed by atoms with van der Waals surface area (Å²) >= 11 is 3.44. The predicted octanol–water partition coefficient (Wildman–Crippen LogP) is 3.91. The van der Waals surface area contributed by atoms with Crippen molar-refractivity contribution >= 4 is 27.6 Å². The van der Waals surface area contributed by atoms with Crippen LogP contribution < -0.4 is 14.2 Å². The number of aryl methyl sites for hydroxylation is 1. The molecule has 0 saturated carbocycles. The Balaban J connectivity index is 1.99. The number of hydrogen-bond donors (Lipinski definition) is 0. The highest BCUT2D eigenvalue weighted by Crippen LogP contribution is 2.33. The Hall–Kier alpha value is -2.61. The topological polar surface area (TPSA) is 87.9 Å². The van der Waals surface area contributed by atoms with Crippen molar-refractivity contribution in [2.24, 2.45) is 0 Å². The molecule has 132 valence electrons. The number of halogens is 1. The van der Waals surface area contributed by atoms with E-state index >= 15 is 0 Å². The Morgan fingerprint density at radius 3 is 2.28 bits per heavy atom. The molecule has 0 unspecified atom stereocenters. The molecule has 0 aromatic heterocycles. The summed E-state index contributed by atoms with van der Waals surface area (Å²) in [5, 5.41) is 10.6. The zero-order valence-corrected chi connectivity index (χ0v) is 15.2. The van der Waals surface area contributed by atoms with Crippen molar-refractivity contribution in [1.82, 2.24) is 0 Å². The molecule has 0 spiro atoms. The fraction of sp³-hybridized carbons (Fsp3) is 0.235. The maximum absolute atomic E-state index is 12.0. The molecule has 0 N–H and O–H groups in total. The first kappa shape index (κ1) is 18.7. The largest absolute Gasteiger partial charge is 0.493 e. The monoisotopic (exact) mass is 409 g/mol. The van der Waals surface area contributed by atoms with Crippen molar-refractivity contribution in [3.63, 3.8) is 0 Å². The van der Waals surface area contributed by atoms with Gasteiger partial charge in [-0.05, 0) is 36.2 Å². The van der Waals surface area contributed by atoms with Gasteiger partial charge in [-0.15, -0.1) is 0 Å². The molecule has 0 aliphatic heterocycles. The second kappa shape index (κ2) is 8.48. The van der Waals surface area contributed by atoms with Crippen LogP contribution in [0.25, 0.3) is 0 Å². The standard InChI is InChI=1S/C17H16BrNO6/c1-23-15-9-11(14(18)10-16(15)24-2)3-8-17(20)25-13-6-4-12(5-7-13)19(21)22/h4-7,9-10H,3,8H2,1-2H3. The normalized spacial score (nSPS) is 10.2. The van der Waals surface area contributed by atoms with Crippen LogP contribution in [0.2, 0.25) is 0 Å². The first-order valence-corrected chi connectivity index (χ1v) is 8.09. The van der Waals surface area contributed by atoms with Gasteiger partial charge in [-0.2, -0.15) is 0 Å². The molecular formula is C17H16BrNO6. The molecule has 0 radical (unpaired) electrons. The minimum atomic E-state index is -0.514. The third kappa shape index (κ3) is 4.93. The maximum atomic E-state index is 12.0. The summed E-state index contributed by atoms with van der Waals surface area (Å²) in [6, 6.07) is 8.92.